The lowest BCUT2D eigenvalue weighted by Crippen LogP contribution is -2.40. The highest BCUT2D eigenvalue weighted by Crippen LogP contribution is 2.34. The van der Waals surface area contributed by atoms with Crippen LogP contribution in [-0.2, 0) is 17.6 Å². The SMILES string of the molecule is Cc1cc(C)cc(-c2[nH]c3ccc(C(=O)N4CCOCC4)cc3c2CCCCCCc2ccncc2)c1. The topological polar surface area (TPSA) is 58.2 Å². The summed E-state index contributed by atoms with van der Waals surface area (Å²) in [4.78, 5) is 22.9. The molecule has 5 nitrogen and oxygen atoms in total. The molecule has 3 heterocycles. The van der Waals surface area contributed by atoms with E-state index in [1.165, 1.54) is 58.2 Å². The minimum atomic E-state index is 0.0985. The minimum absolute atomic E-state index is 0.0985. The number of aromatic amines is 1. The second-order valence-electron chi connectivity index (χ2n) is 10.3. The Bertz CT molecular complexity index is 1330. The number of hydrogen-bond acceptors (Lipinski definition) is 3. The molecule has 1 saturated heterocycles. The first-order chi connectivity index (χ1) is 18.1. The standard InChI is InChI=1S/C32H37N3O2/c1-23-19-24(2)21-27(20-23)31-28(8-6-4-3-5-7-25-11-13-33-14-12-25)29-22-26(9-10-30(29)34-31)32(36)35-15-17-37-18-16-35/h9-14,19-22,34H,3-8,15-18H2,1-2H3. The fourth-order valence-corrected chi connectivity index (χ4v) is 5.49. The third kappa shape index (κ3) is 6.11. The lowest BCUT2D eigenvalue weighted by molar-refractivity contribution is 0.0303. The summed E-state index contributed by atoms with van der Waals surface area (Å²) in [7, 11) is 0. The van der Waals surface area contributed by atoms with Crippen molar-refractivity contribution in [3.05, 3.63) is 88.7 Å². The maximum absolute atomic E-state index is 13.2. The van der Waals surface area contributed by atoms with Crippen molar-refractivity contribution in [3.8, 4) is 11.3 Å². The van der Waals surface area contributed by atoms with E-state index in [9.17, 15) is 4.79 Å². The summed E-state index contributed by atoms with van der Waals surface area (Å²) in [6.07, 6.45) is 10.6. The zero-order valence-corrected chi connectivity index (χ0v) is 22.1. The van der Waals surface area contributed by atoms with E-state index >= 15 is 0 Å². The average Bonchev–Trinajstić information content (AvgIpc) is 3.28. The highest BCUT2D eigenvalue weighted by atomic mass is 16.5. The van der Waals surface area contributed by atoms with Crippen LogP contribution in [0.5, 0.6) is 0 Å². The van der Waals surface area contributed by atoms with Gasteiger partial charge in [-0.1, -0.05) is 30.0 Å². The average molecular weight is 496 g/mol. The van der Waals surface area contributed by atoms with Crippen molar-refractivity contribution < 1.29 is 9.53 Å². The van der Waals surface area contributed by atoms with Gasteiger partial charge in [0, 0.05) is 47.6 Å². The number of H-pyrrole nitrogens is 1. The maximum atomic E-state index is 13.2. The Morgan fingerprint density at radius 3 is 2.32 bits per heavy atom. The second-order valence-corrected chi connectivity index (χ2v) is 10.3. The van der Waals surface area contributed by atoms with E-state index < -0.39 is 0 Å². The van der Waals surface area contributed by atoms with Crippen LogP contribution in [0.2, 0.25) is 0 Å². The first-order valence-electron chi connectivity index (χ1n) is 13.6. The number of rotatable bonds is 9. The number of benzene rings is 2. The van der Waals surface area contributed by atoms with Crippen LogP contribution in [-0.4, -0.2) is 47.1 Å². The molecule has 0 atom stereocenters. The maximum Gasteiger partial charge on any atom is 0.254 e. The Balaban J connectivity index is 1.37. The predicted octanol–water partition coefficient (Wildman–Crippen LogP) is 6.66. The van der Waals surface area contributed by atoms with Crippen LogP contribution in [0.4, 0.5) is 0 Å². The number of amides is 1. The number of carbonyl (C=O) groups is 1. The largest absolute Gasteiger partial charge is 0.378 e. The molecule has 4 aromatic rings. The number of aryl methyl sites for hydroxylation is 4. The van der Waals surface area contributed by atoms with Crippen LogP contribution in [0.25, 0.3) is 22.2 Å². The number of hydrogen-bond donors (Lipinski definition) is 1. The molecule has 37 heavy (non-hydrogen) atoms. The molecule has 192 valence electrons. The number of morpholine rings is 1. The molecular weight excluding hydrogens is 458 g/mol. The van der Waals surface area contributed by atoms with Gasteiger partial charge in [-0.3, -0.25) is 9.78 Å². The molecule has 2 aromatic heterocycles. The number of unbranched alkanes of at least 4 members (excludes halogenated alkanes) is 3. The normalized spacial score (nSPS) is 13.8. The Labute approximate surface area is 219 Å². The van der Waals surface area contributed by atoms with E-state index in [1.54, 1.807) is 0 Å². The molecule has 0 unspecified atom stereocenters. The van der Waals surface area contributed by atoms with Crippen molar-refractivity contribution >= 4 is 16.8 Å². The Morgan fingerprint density at radius 1 is 0.892 bits per heavy atom. The Hall–Kier alpha value is -3.44. The molecule has 0 aliphatic carbocycles. The number of aromatic nitrogens is 2. The van der Waals surface area contributed by atoms with Gasteiger partial charge < -0.3 is 14.6 Å². The molecule has 1 fully saturated rings. The summed E-state index contributed by atoms with van der Waals surface area (Å²) in [5, 5.41) is 1.17. The molecule has 0 radical (unpaired) electrons. The molecule has 5 heteroatoms. The van der Waals surface area contributed by atoms with Crippen LogP contribution in [0.3, 0.4) is 0 Å². The van der Waals surface area contributed by atoms with Gasteiger partial charge in [-0.25, -0.2) is 0 Å². The zero-order valence-electron chi connectivity index (χ0n) is 22.1. The van der Waals surface area contributed by atoms with Gasteiger partial charge in [-0.05, 0) is 98.7 Å². The molecule has 0 saturated carbocycles. The van der Waals surface area contributed by atoms with Crippen molar-refractivity contribution in [3.63, 3.8) is 0 Å². The van der Waals surface area contributed by atoms with E-state index in [0.29, 0.717) is 26.3 Å². The summed E-state index contributed by atoms with van der Waals surface area (Å²) in [6.45, 7) is 6.85. The van der Waals surface area contributed by atoms with Crippen molar-refractivity contribution in [2.75, 3.05) is 26.3 Å². The number of ether oxygens (including phenoxy) is 1. The lowest BCUT2D eigenvalue weighted by atomic mass is 9.96. The summed E-state index contributed by atoms with van der Waals surface area (Å²) in [5.74, 6) is 0.0985. The van der Waals surface area contributed by atoms with Crippen molar-refractivity contribution in [1.82, 2.24) is 14.9 Å². The van der Waals surface area contributed by atoms with E-state index in [-0.39, 0.29) is 5.91 Å². The van der Waals surface area contributed by atoms with Gasteiger partial charge >= 0.3 is 0 Å². The van der Waals surface area contributed by atoms with Gasteiger partial charge in [-0.15, -0.1) is 0 Å². The quantitative estimate of drug-likeness (QED) is 0.264. The number of pyridine rings is 1. The number of carbonyl (C=O) groups excluding carboxylic acids is 1. The van der Waals surface area contributed by atoms with Crippen LogP contribution in [0, 0.1) is 13.8 Å². The van der Waals surface area contributed by atoms with Crippen LogP contribution >= 0.6 is 0 Å². The van der Waals surface area contributed by atoms with Gasteiger partial charge in [0.05, 0.1) is 13.2 Å². The van der Waals surface area contributed by atoms with Gasteiger partial charge in [0.15, 0.2) is 0 Å². The molecule has 1 aliphatic rings. The van der Waals surface area contributed by atoms with Crippen molar-refractivity contribution in [2.45, 2.75) is 52.4 Å². The summed E-state index contributed by atoms with van der Waals surface area (Å²) in [6, 6.07) is 17.1. The second kappa shape index (κ2) is 11.7. The summed E-state index contributed by atoms with van der Waals surface area (Å²) >= 11 is 0. The van der Waals surface area contributed by atoms with E-state index in [2.05, 4.69) is 66.3 Å². The molecule has 1 N–H and O–H groups in total. The highest BCUT2D eigenvalue weighted by molar-refractivity contribution is 6.00. The summed E-state index contributed by atoms with van der Waals surface area (Å²) < 4.78 is 5.44. The molecule has 2 aromatic carbocycles. The summed E-state index contributed by atoms with van der Waals surface area (Å²) in [5.41, 5.74) is 9.49. The van der Waals surface area contributed by atoms with E-state index in [4.69, 9.17) is 4.74 Å². The number of nitrogens with zero attached hydrogens (tertiary/aromatic N) is 2. The zero-order chi connectivity index (χ0) is 25.6. The van der Waals surface area contributed by atoms with Gasteiger partial charge in [0.25, 0.3) is 5.91 Å². The molecule has 0 bridgehead atoms. The van der Waals surface area contributed by atoms with Gasteiger partial charge in [0.2, 0.25) is 0 Å². The molecule has 5 rings (SSSR count). The monoisotopic (exact) mass is 495 g/mol. The predicted molar refractivity (Wildman–Crippen MR) is 150 cm³/mol. The molecule has 1 aliphatic heterocycles. The lowest BCUT2D eigenvalue weighted by Gasteiger charge is -2.26. The van der Waals surface area contributed by atoms with Crippen LogP contribution in [0.1, 0.15) is 58.3 Å². The fraction of sp³-hybridized carbons (Fsp3) is 0.375. The van der Waals surface area contributed by atoms with E-state index in [1.807, 2.05) is 23.4 Å². The van der Waals surface area contributed by atoms with Crippen molar-refractivity contribution in [1.29, 1.82) is 0 Å². The number of fused-ring (bicyclic) bond motifs is 1. The Kier molecular flexibility index (Phi) is 8.00. The van der Waals surface area contributed by atoms with Gasteiger partial charge in [0.1, 0.15) is 0 Å². The molecular formula is C32H37N3O2. The number of nitrogens with one attached hydrogen (secondary N) is 1. The van der Waals surface area contributed by atoms with Gasteiger partial charge in [-0.2, -0.15) is 0 Å². The van der Waals surface area contributed by atoms with Crippen molar-refractivity contribution in [2.24, 2.45) is 0 Å². The third-order valence-corrected chi connectivity index (χ3v) is 7.35. The molecule has 0 spiro atoms. The first-order valence-corrected chi connectivity index (χ1v) is 13.6. The first kappa shape index (κ1) is 25.2. The third-order valence-electron chi connectivity index (χ3n) is 7.35. The highest BCUT2D eigenvalue weighted by Gasteiger charge is 2.21. The van der Waals surface area contributed by atoms with Crippen LogP contribution < -0.4 is 0 Å². The minimum Gasteiger partial charge on any atom is -0.378 e. The van der Waals surface area contributed by atoms with Crippen LogP contribution in [0.15, 0.2) is 60.9 Å². The van der Waals surface area contributed by atoms with E-state index in [0.717, 1.165) is 30.3 Å². The fourth-order valence-electron chi connectivity index (χ4n) is 5.49. The molecule has 1 amide bonds. The Morgan fingerprint density at radius 2 is 1.59 bits per heavy atom. The smallest absolute Gasteiger partial charge is 0.254 e.